The van der Waals surface area contributed by atoms with Crippen LogP contribution in [0.4, 0.5) is 8.78 Å². The normalized spacial score (nSPS) is 22.0. The molecular formula is C17H18F2N2O4. The number of rotatable bonds is 6. The van der Waals surface area contributed by atoms with Crippen molar-refractivity contribution in [3.8, 4) is 11.6 Å². The van der Waals surface area contributed by atoms with Crippen LogP contribution in [0.1, 0.15) is 0 Å². The number of carbonyl (C=O) groups is 1. The van der Waals surface area contributed by atoms with E-state index in [2.05, 4.69) is 10.3 Å². The summed E-state index contributed by atoms with van der Waals surface area (Å²) in [6.07, 6.45) is 1.57. The van der Waals surface area contributed by atoms with Crippen LogP contribution in [0, 0.1) is 5.92 Å². The molecule has 2 heterocycles. The topological polar surface area (TPSA) is 69.7 Å². The van der Waals surface area contributed by atoms with Crippen molar-refractivity contribution in [1.82, 2.24) is 10.3 Å². The number of alkyl halides is 2. The van der Waals surface area contributed by atoms with Crippen LogP contribution in [0.5, 0.6) is 11.6 Å². The minimum absolute atomic E-state index is 0.140. The molecule has 1 fully saturated rings. The number of benzene rings is 1. The lowest BCUT2D eigenvalue weighted by Crippen LogP contribution is -2.38. The van der Waals surface area contributed by atoms with E-state index >= 15 is 0 Å². The number of amides is 1. The second-order valence-electron chi connectivity index (χ2n) is 5.78. The molecule has 1 aromatic heterocycles. The fourth-order valence-electron chi connectivity index (χ4n) is 2.88. The summed E-state index contributed by atoms with van der Waals surface area (Å²) < 4.78 is 43.5. The highest BCUT2D eigenvalue weighted by Gasteiger charge is 2.57. The molecule has 0 spiro atoms. The zero-order chi connectivity index (χ0) is 18.0. The summed E-state index contributed by atoms with van der Waals surface area (Å²) >= 11 is 0. The molecule has 1 amide bonds. The summed E-state index contributed by atoms with van der Waals surface area (Å²) in [6.45, 7) is -0.394. The molecule has 0 saturated carbocycles. The smallest absolute Gasteiger partial charge is 0.331 e. The number of pyridine rings is 1. The van der Waals surface area contributed by atoms with Crippen molar-refractivity contribution in [2.24, 2.45) is 5.92 Å². The molecule has 25 heavy (non-hydrogen) atoms. The predicted octanol–water partition coefficient (Wildman–Crippen LogP) is 2.02. The molecule has 1 aliphatic rings. The Kier molecular flexibility index (Phi) is 4.71. The average Bonchev–Trinajstić information content (AvgIpc) is 2.82. The van der Waals surface area contributed by atoms with Crippen molar-refractivity contribution >= 4 is 16.7 Å². The molecule has 1 aliphatic heterocycles. The van der Waals surface area contributed by atoms with Crippen LogP contribution in [0.25, 0.3) is 10.8 Å². The number of hydrogen-bond donors (Lipinski definition) is 1. The number of methoxy groups -OCH3 is 2. The molecule has 2 aromatic rings. The Morgan fingerprint density at radius 3 is 2.76 bits per heavy atom. The average molecular weight is 352 g/mol. The van der Waals surface area contributed by atoms with E-state index in [1.807, 2.05) is 6.07 Å². The van der Waals surface area contributed by atoms with Gasteiger partial charge in [-0.05, 0) is 23.6 Å². The SMILES string of the molecule is COC[C@H]1[C@@H](COc2nccc3ccc(OC)cc23)NC(=O)C1(F)F. The summed E-state index contributed by atoms with van der Waals surface area (Å²) in [5.74, 6) is -5.18. The maximum atomic E-state index is 13.9. The molecule has 2 atom stereocenters. The van der Waals surface area contributed by atoms with E-state index in [1.54, 1.807) is 31.5 Å². The summed E-state index contributed by atoms with van der Waals surface area (Å²) in [4.78, 5) is 15.7. The number of carbonyl (C=O) groups excluding carboxylic acids is 1. The summed E-state index contributed by atoms with van der Waals surface area (Å²) in [6, 6.07) is 6.35. The number of ether oxygens (including phenoxy) is 3. The first kappa shape index (κ1) is 17.3. The van der Waals surface area contributed by atoms with Crippen LogP contribution in [-0.4, -0.2) is 50.3 Å². The largest absolute Gasteiger partial charge is 0.497 e. The molecule has 0 unspecified atom stereocenters. The Hall–Kier alpha value is -2.48. The van der Waals surface area contributed by atoms with Crippen molar-refractivity contribution in [3.63, 3.8) is 0 Å². The third kappa shape index (κ3) is 3.21. The van der Waals surface area contributed by atoms with Crippen LogP contribution in [0.15, 0.2) is 30.5 Å². The highest BCUT2D eigenvalue weighted by atomic mass is 19.3. The van der Waals surface area contributed by atoms with Crippen LogP contribution in [0.2, 0.25) is 0 Å². The van der Waals surface area contributed by atoms with Crippen molar-refractivity contribution in [3.05, 3.63) is 30.5 Å². The number of aromatic nitrogens is 1. The van der Waals surface area contributed by atoms with Gasteiger partial charge >= 0.3 is 5.92 Å². The minimum atomic E-state index is -3.49. The first-order chi connectivity index (χ1) is 12.0. The molecule has 1 saturated heterocycles. The number of halogens is 2. The Balaban J connectivity index is 1.81. The molecule has 0 aliphatic carbocycles. The van der Waals surface area contributed by atoms with Gasteiger partial charge < -0.3 is 19.5 Å². The van der Waals surface area contributed by atoms with Gasteiger partial charge in [0.25, 0.3) is 5.91 Å². The van der Waals surface area contributed by atoms with E-state index in [9.17, 15) is 13.6 Å². The Morgan fingerprint density at radius 1 is 1.24 bits per heavy atom. The molecule has 8 heteroatoms. The fraction of sp³-hybridized carbons (Fsp3) is 0.412. The monoisotopic (exact) mass is 352 g/mol. The van der Waals surface area contributed by atoms with Gasteiger partial charge in [0.1, 0.15) is 12.4 Å². The van der Waals surface area contributed by atoms with E-state index < -0.39 is 23.8 Å². The highest BCUT2D eigenvalue weighted by molar-refractivity contribution is 5.88. The third-order valence-electron chi connectivity index (χ3n) is 4.25. The van der Waals surface area contributed by atoms with E-state index in [0.717, 1.165) is 5.39 Å². The van der Waals surface area contributed by atoms with Gasteiger partial charge in [-0.2, -0.15) is 8.78 Å². The van der Waals surface area contributed by atoms with Gasteiger partial charge in [0.05, 0.1) is 25.7 Å². The van der Waals surface area contributed by atoms with Crippen LogP contribution in [0.3, 0.4) is 0 Å². The van der Waals surface area contributed by atoms with E-state index in [0.29, 0.717) is 11.1 Å². The zero-order valence-corrected chi connectivity index (χ0v) is 13.8. The molecule has 134 valence electrons. The van der Waals surface area contributed by atoms with Crippen molar-refractivity contribution in [2.75, 3.05) is 27.4 Å². The van der Waals surface area contributed by atoms with Crippen molar-refractivity contribution in [1.29, 1.82) is 0 Å². The fourth-order valence-corrected chi connectivity index (χ4v) is 2.88. The molecule has 3 rings (SSSR count). The molecule has 6 nitrogen and oxygen atoms in total. The highest BCUT2D eigenvalue weighted by Crippen LogP contribution is 2.34. The maximum absolute atomic E-state index is 13.9. The van der Waals surface area contributed by atoms with Crippen LogP contribution < -0.4 is 14.8 Å². The number of nitrogens with zero attached hydrogens (tertiary/aromatic N) is 1. The summed E-state index contributed by atoms with van der Waals surface area (Å²) in [7, 11) is 2.86. The van der Waals surface area contributed by atoms with Gasteiger partial charge in [0.15, 0.2) is 0 Å². The van der Waals surface area contributed by atoms with Crippen LogP contribution >= 0.6 is 0 Å². The number of fused-ring (bicyclic) bond motifs is 1. The second-order valence-corrected chi connectivity index (χ2v) is 5.78. The van der Waals surface area contributed by atoms with Crippen molar-refractivity contribution in [2.45, 2.75) is 12.0 Å². The van der Waals surface area contributed by atoms with E-state index in [-0.39, 0.29) is 19.1 Å². The first-order valence-electron chi connectivity index (χ1n) is 7.70. The van der Waals surface area contributed by atoms with E-state index in [1.165, 1.54) is 7.11 Å². The molecule has 1 aromatic carbocycles. The van der Waals surface area contributed by atoms with Gasteiger partial charge in [-0.25, -0.2) is 4.98 Å². The Labute approximate surface area is 143 Å². The number of nitrogens with one attached hydrogen (secondary N) is 1. The molecular weight excluding hydrogens is 334 g/mol. The van der Waals surface area contributed by atoms with E-state index in [4.69, 9.17) is 14.2 Å². The summed E-state index contributed by atoms with van der Waals surface area (Å²) in [5, 5.41) is 3.84. The van der Waals surface area contributed by atoms with Gasteiger partial charge in [-0.15, -0.1) is 0 Å². The van der Waals surface area contributed by atoms with Gasteiger partial charge in [-0.1, -0.05) is 6.07 Å². The van der Waals surface area contributed by atoms with Crippen molar-refractivity contribution < 1.29 is 27.8 Å². The quantitative estimate of drug-likeness (QED) is 0.861. The lowest BCUT2D eigenvalue weighted by atomic mass is 9.99. The second kappa shape index (κ2) is 6.79. The lowest BCUT2D eigenvalue weighted by Gasteiger charge is -2.21. The Bertz CT molecular complexity index is 784. The number of hydrogen-bond acceptors (Lipinski definition) is 5. The van der Waals surface area contributed by atoms with Crippen LogP contribution in [-0.2, 0) is 9.53 Å². The predicted molar refractivity (Wildman–Crippen MR) is 86.0 cm³/mol. The molecule has 1 N–H and O–H groups in total. The zero-order valence-electron chi connectivity index (χ0n) is 13.8. The molecule has 0 bridgehead atoms. The maximum Gasteiger partial charge on any atom is 0.331 e. The third-order valence-corrected chi connectivity index (χ3v) is 4.25. The first-order valence-corrected chi connectivity index (χ1v) is 7.70. The molecule has 0 radical (unpaired) electrons. The lowest BCUT2D eigenvalue weighted by molar-refractivity contribution is -0.146. The Morgan fingerprint density at radius 2 is 2.04 bits per heavy atom. The van der Waals surface area contributed by atoms with Gasteiger partial charge in [0.2, 0.25) is 5.88 Å². The standard InChI is InChI=1S/C17H18F2N2O4/c1-23-8-13-14(21-16(22)17(13,18)19)9-25-15-12-7-11(24-2)4-3-10(12)5-6-20-15/h3-7,13-14H,8-9H2,1-2H3,(H,21,22)/t13-,14+/m0/s1. The van der Waals surface area contributed by atoms with Gasteiger partial charge in [0, 0.05) is 18.7 Å². The minimum Gasteiger partial charge on any atom is -0.497 e. The summed E-state index contributed by atoms with van der Waals surface area (Å²) in [5.41, 5.74) is 0. The van der Waals surface area contributed by atoms with Gasteiger partial charge in [-0.3, -0.25) is 4.79 Å².